The van der Waals surface area contributed by atoms with Crippen LogP contribution in [0.25, 0.3) is 6.08 Å². The van der Waals surface area contributed by atoms with Crippen molar-refractivity contribution in [2.45, 2.75) is 6.92 Å². The molecular weight excluding hydrogens is 296 g/mol. The van der Waals surface area contributed by atoms with Gasteiger partial charge in [-0.25, -0.2) is 5.43 Å². The lowest BCUT2D eigenvalue weighted by atomic mass is 10.3. The molecule has 120 valence electrons. The SMILES string of the molecule is COc1ccc(OCC(=O)N/N=C(C)/C=C/c2ccco2)cc1. The van der Waals surface area contributed by atoms with E-state index in [1.54, 1.807) is 62.8 Å². The highest BCUT2D eigenvalue weighted by Crippen LogP contribution is 2.16. The molecule has 0 saturated carbocycles. The van der Waals surface area contributed by atoms with Crippen LogP contribution in [-0.4, -0.2) is 25.3 Å². The second kappa shape index (κ2) is 8.43. The normalized spacial score (nSPS) is 11.5. The third-order valence-electron chi connectivity index (χ3n) is 2.82. The molecule has 0 unspecified atom stereocenters. The van der Waals surface area contributed by atoms with Crippen molar-refractivity contribution in [1.29, 1.82) is 0 Å². The molecular formula is C17H18N2O4. The summed E-state index contributed by atoms with van der Waals surface area (Å²) in [6, 6.07) is 10.6. The van der Waals surface area contributed by atoms with Gasteiger partial charge in [-0.05, 0) is 55.5 Å². The van der Waals surface area contributed by atoms with Crippen molar-refractivity contribution < 1.29 is 18.7 Å². The monoisotopic (exact) mass is 314 g/mol. The maximum Gasteiger partial charge on any atom is 0.277 e. The number of allylic oxidation sites excluding steroid dienone is 1. The van der Waals surface area contributed by atoms with Crippen molar-refractivity contribution in [3.63, 3.8) is 0 Å². The van der Waals surface area contributed by atoms with Gasteiger partial charge in [-0.3, -0.25) is 4.79 Å². The zero-order valence-electron chi connectivity index (χ0n) is 13.0. The van der Waals surface area contributed by atoms with Gasteiger partial charge in [-0.1, -0.05) is 0 Å². The number of carbonyl (C=O) groups excluding carboxylic acids is 1. The molecule has 6 nitrogen and oxygen atoms in total. The van der Waals surface area contributed by atoms with Crippen LogP contribution in [0.1, 0.15) is 12.7 Å². The number of rotatable bonds is 7. The second-order valence-electron chi connectivity index (χ2n) is 4.60. The molecule has 0 fully saturated rings. The highest BCUT2D eigenvalue weighted by molar-refractivity contribution is 5.96. The zero-order valence-corrected chi connectivity index (χ0v) is 13.0. The first-order valence-electron chi connectivity index (χ1n) is 6.99. The molecule has 0 aliphatic carbocycles. The number of hydrazone groups is 1. The Balaban J connectivity index is 1.76. The Morgan fingerprint density at radius 2 is 2.00 bits per heavy atom. The number of ether oxygens (including phenoxy) is 2. The molecule has 1 aromatic heterocycles. The average Bonchev–Trinajstić information content (AvgIpc) is 3.10. The second-order valence-corrected chi connectivity index (χ2v) is 4.60. The van der Waals surface area contributed by atoms with Crippen LogP contribution in [0.2, 0.25) is 0 Å². The average molecular weight is 314 g/mol. The molecule has 1 heterocycles. The summed E-state index contributed by atoms with van der Waals surface area (Å²) in [6.45, 7) is 1.65. The van der Waals surface area contributed by atoms with Crippen molar-refractivity contribution >= 4 is 17.7 Å². The van der Waals surface area contributed by atoms with E-state index in [0.29, 0.717) is 17.2 Å². The molecule has 0 radical (unpaired) electrons. The van der Waals surface area contributed by atoms with E-state index in [2.05, 4.69) is 10.5 Å². The van der Waals surface area contributed by atoms with Gasteiger partial charge >= 0.3 is 0 Å². The standard InChI is InChI=1S/C17H18N2O4/c1-13(5-6-15-4-3-11-22-15)18-19-17(20)12-23-16-9-7-14(21-2)8-10-16/h3-11H,12H2,1-2H3,(H,19,20)/b6-5+,18-13+. The minimum absolute atomic E-state index is 0.120. The number of amides is 1. The Bertz CT molecular complexity index is 673. The predicted octanol–water partition coefficient (Wildman–Crippen LogP) is 2.87. The highest BCUT2D eigenvalue weighted by atomic mass is 16.5. The zero-order chi connectivity index (χ0) is 16.5. The van der Waals surface area contributed by atoms with Crippen molar-refractivity contribution in [3.8, 4) is 11.5 Å². The molecule has 1 aromatic carbocycles. The van der Waals surface area contributed by atoms with E-state index in [-0.39, 0.29) is 12.5 Å². The van der Waals surface area contributed by atoms with Gasteiger partial charge in [0, 0.05) is 0 Å². The number of hydrogen-bond acceptors (Lipinski definition) is 5. The van der Waals surface area contributed by atoms with Crippen LogP contribution >= 0.6 is 0 Å². The summed E-state index contributed by atoms with van der Waals surface area (Å²) in [5, 5.41) is 3.95. The largest absolute Gasteiger partial charge is 0.497 e. The number of methoxy groups -OCH3 is 1. The first kappa shape index (κ1) is 16.4. The lowest BCUT2D eigenvalue weighted by Crippen LogP contribution is -2.25. The van der Waals surface area contributed by atoms with Crippen LogP contribution in [0.3, 0.4) is 0 Å². The number of carbonyl (C=O) groups is 1. The van der Waals surface area contributed by atoms with Crippen LogP contribution in [-0.2, 0) is 4.79 Å². The molecule has 0 spiro atoms. The minimum atomic E-state index is -0.341. The lowest BCUT2D eigenvalue weighted by Gasteiger charge is -2.06. The van der Waals surface area contributed by atoms with Gasteiger partial charge in [-0.2, -0.15) is 5.10 Å². The molecule has 6 heteroatoms. The highest BCUT2D eigenvalue weighted by Gasteiger charge is 2.02. The minimum Gasteiger partial charge on any atom is -0.497 e. The van der Waals surface area contributed by atoms with Crippen LogP contribution in [0.15, 0.2) is 58.3 Å². The Hall–Kier alpha value is -3.02. The Morgan fingerprint density at radius 3 is 2.65 bits per heavy atom. The summed E-state index contributed by atoms with van der Waals surface area (Å²) in [5.74, 6) is 1.69. The number of nitrogens with one attached hydrogen (secondary N) is 1. The quantitative estimate of drug-likeness (QED) is 0.630. The Morgan fingerprint density at radius 1 is 1.26 bits per heavy atom. The Labute approximate surface area is 134 Å². The molecule has 0 aliphatic rings. The third-order valence-corrected chi connectivity index (χ3v) is 2.82. The van der Waals surface area contributed by atoms with Crippen molar-refractivity contribution in [2.24, 2.45) is 5.10 Å². The molecule has 0 aliphatic heterocycles. The predicted molar refractivity (Wildman–Crippen MR) is 87.5 cm³/mol. The maximum absolute atomic E-state index is 11.7. The summed E-state index contributed by atoms with van der Waals surface area (Å²) in [4.78, 5) is 11.7. The Kier molecular flexibility index (Phi) is 5.99. The fourth-order valence-corrected chi connectivity index (χ4v) is 1.63. The van der Waals surface area contributed by atoms with Crippen molar-refractivity contribution in [1.82, 2.24) is 5.43 Å². The van der Waals surface area contributed by atoms with Gasteiger partial charge < -0.3 is 13.9 Å². The van der Waals surface area contributed by atoms with E-state index in [4.69, 9.17) is 13.9 Å². The number of furan rings is 1. The van der Waals surface area contributed by atoms with Gasteiger partial charge in [-0.15, -0.1) is 0 Å². The van der Waals surface area contributed by atoms with Gasteiger partial charge in [0.2, 0.25) is 0 Å². The van der Waals surface area contributed by atoms with Gasteiger partial charge in [0.05, 0.1) is 19.1 Å². The topological polar surface area (TPSA) is 73.1 Å². The summed E-state index contributed by atoms with van der Waals surface area (Å²) in [7, 11) is 1.59. The fourth-order valence-electron chi connectivity index (χ4n) is 1.63. The molecule has 2 rings (SSSR count). The van der Waals surface area contributed by atoms with Crippen LogP contribution in [0, 0.1) is 0 Å². The maximum atomic E-state index is 11.7. The first-order valence-corrected chi connectivity index (χ1v) is 6.99. The molecule has 2 aromatic rings. The van der Waals surface area contributed by atoms with E-state index in [0.717, 1.165) is 5.75 Å². The molecule has 23 heavy (non-hydrogen) atoms. The van der Waals surface area contributed by atoms with Crippen molar-refractivity contribution in [3.05, 3.63) is 54.5 Å². The number of benzene rings is 1. The van der Waals surface area contributed by atoms with Crippen LogP contribution < -0.4 is 14.9 Å². The van der Waals surface area contributed by atoms with E-state index in [9.17, 15) is 4.79 Å². The van der Waals surface area contributed by atoms with E-state index in [1.807, 2.05) is 6.07 Å². The summed E-state index contributed by atoms with van der Waals surface area (Å²) < 4.78 is 15.5. The van der Waals surface area contributed by atoms with Gasteiger partial charge in [0.15, 0.2) is 6.61 Å². The fraction of sp³-hybridized carbons (Fsp3) is 0.176. The van der Waals surface area contributed by atoms with Crippen LogP contribution in [0.4, 0.5) is 0 Å². The van der Waals surface area contributed by atoms with Crippen molar-refractivity contribution in [2.75, 3.05) is 13.7 Å². The number of hydrogen-bond donors (Lipinski definition) is 1. The van der Waals surface area contributed by atoms with E-state index < -0.39 is 0 Å². The molecule has 1 amide bonds. The molecule has 1 N–H and O–H groups in total. The summed E-state index contributed by atoms with van der Waals surface area (Å²) >= 11 is 0. The van der Waals surface area contributed by atoms with Gasteiger partial charge in [0.25, 0.3) is 5.91 Å². The van der Waals surface area contributed by atoms with E-state index >= 15 is 0 Å². The number of nitrogens with zero attached hydrogens (tertiary/aromatic N) is 1. The van der Waals surface area contributed by atoms with E-state index in [1.165, 1.54) is 0 Å². The molecule has 0 bridgehead atoms. The third kappa shape index (κ3) is 5.70. The first-order chi connectivity index (χ1) is 11.2. The molecule has 0 atom stereocenters. The van der Waals surface area contributed by atoms with Crippen LogP contribution in [0.5, 0.6) is 11.5 Å². The van der Waals surface area contributed by atoms with Gasteiger partial charge in [0.1, 0.15) is 17.3 Å². The molecule has 0 saturated heterocycles. The smallest absolute Gasteiger partial charge is 0.277 e. The lowest BCUT2D eigenvalue weighted by molar-refractivity contribution is -0.123. The summed E-state index contributed by atoms with van der Waals surface area (Å²) in [5.41, 5.74) is 3.06. The summed E-state index contributed by atoms with van der Waals surface area (Å²) in [6.07, 6.45) is 5.09.